The molecule has 3 aromatic carbocycles. The van der Waals surface area contributed by atoms with Gasteiger partial charge in [-0.1, -0.05) is 96.2 Å². The minimum absolute atomic E-state index is 0. The first-order chi connectivity index (χ1) is 22.9. The summed E-state index contributed by atoms with van der Waals surface area (Å²) in [5.74, 6) is 0.625. The Hall–Kier alpha value is -3.93. The SMILES string of the molecule is CCC(C)(CC)C(=O)/C=C(\O)C(C)(CC)CC.Cc1ccc2ccc3c(-c4[c-]ccc5c4oc4nc(C(C)C)ccc45)ncnc3c2c1.[Ir]. The summed E-state index contributed by atoms with van der Waals surface area (Å²) in [6.07, 6.45) is 6.38. The zero-order valence-corrected chi connectivity index (χ0v) is 32.6. The van der Waals surface area contributed by atoms with E-state index in [2.05, 4.69) is 79.3 Å². The standard InChI is InChI=1S/C27H20N3O.C15H28O2.Ir/c1-15(2)23-12-11-19-18-5-4-6-21(26(18)31-27(19)30-23)24-20-10-9-17-8-7-16(3)13-22(17)25(20)29-14-28-24;1-7-14(5,8-2)12(16)11-13(17)15(6,9-3)10-4;/h4-5,7-15H,1-3H3;11,16H,7-10H2,1-6H3;/q-1;;/b;12-11-;. The van der Waals surface area contributed by atoms with Gasteiger partial charge in [0.05, 0.1) is 11.1 Å². The van der Waals surface area contributed by atoms with E-state index >= 15 is 0 Å². The maximum Gasteiger partial charge on any atom is 0.216 e. The van der Waals surface area contributed by atoms with Crippen LogP contribution in [0, 0.1) is 23.8 Å². The Morgan fingerprint density at radius 2 is 1.53 bits per heavy atom. The molecule has 259 valence electrons. The van der Waals surface area contributed by atoms with Gasteiger partial charge in [-0.25, -0.2) is 9.97 Å². The third-order valence-electron chi connectivity index (χ3n) is 10.5. The molecule has 6 nitrogen and oxygen atoms in total. The molecule has 0 aliphatic carbocycles. The number of furan rings is 1. The summed E-state index contributed by atoms with van der Waals surface area (Å²) < 4.78 is 6.28. The number of hydrogen-bond donors (Lipinski definition) is 1. The van der Waals surface area contributed by atoms with Gasteiger partial charge in [0.1, 0.15) is 12.1 Å². The molecule has 0 saturated carbocycles. The molecule has 3 aromatic heterocycles. The van der Waals surface area contributed by atoms with E-state index in [-0.39, 0.29) is 42.5 Å². The largest absolute Gasteiger partial charge is 0.512 e. The van der Waals surface area contributed by atoms with E-state index in [0.29, 0.717) is 11.6 Å². The van der Waals surface area contributed by atoms with Gasteiger partial charge in [-0.3, -0.25) is 9.78 Å². The quantitative estimate of drug-likeness (QED) is 0.0675. The van der Waals surface area contributed by atoms with Crippen LogP contribution < -0.4 is 0 Å². The molecule has 6 aromatic rings. The van der Waals surface area contributed by atoms with E-state index in [1.54, 1.807) is 6.33 Å². The molecule has 0 bridgehead atoms. The number of carbonyl (C=O) groups is 1. The molecule has 49 heavy (non-hydrogen) atoms. The van der Waals surface area contributed by atoms with Crippen LogP contribution in [0.4, 0.5) is 0 Å². The van der Waals surface area contributed by atoms with Gasteiger partial charge in [-0.2, -0.15) is 0 Å². The third-order valence-corrected chi connectivity index (χ3v) is 10.5. The summed E-state index contributed by atoms with van der Waals surface area (Å²) in [6.45, 7) is 18.4. The Balaban J connectivity index is 0.000000260. The second-order valence-electron chi connectivity index (χ2n) is 13.8. The van der Waals surface area contributed by atoms with Crippen LogP contribution in [-0.4, -0.2) is 25.8 Å². The average molecular weight is 835 g/mol. The Labute approximate surface area is 303 Å². The Morgan fingerprint density at radius 3 is 2.18 bits per heavy atom. The van der Waals surface area contributed by atoms with Crippen LogP contribution in [0.2, 0.25) is 0 Å². The summed E-state index contributed by atoms with van der Waals surface area (Å²) in [5, 5.41) is 15.4. The fraction of sp³-hybridized carbons (Fsp3) is 0.381. The van der Waals surface area contributed by atoms with Gasteiger partial charge >= 0.3 is 0 Å². The molecule has 0 amide bonds. The van der Waals surface area contributed by atoms with Crippen molar-refractivity contribution in [3.63, 3.8) is 0 Å². The molecule has 3 heterocycles. The first kappa shape index (κ1) is 37.9. The van der Waals surface area contributed by atoms with E-state index in [0.717, 1.165) is 75.3 Å². The molecule has 7 heteroatoms. The maximum atomic E-state index is 12.2. The fourth-order valence-corrected chi connectivity index (χ4v) is 5.98. The van der Waals surface area contributed by atoms with E-state index in [1.807, 2.05) is 53.7 Å². The average Bonchev–Trinajstić information content (AvgIpc) is 3.49. The normalized spacial score (nSPS) is 12.4. The Morgan fingerprint density at radius 1 is 0.878 bits per heavy atom. The summed E-state index contributed by atoms with van der Waals surface area (Å²) >= 11 is 0. The topological polar surface area (TPSA) is 89.1 Å². The molecule has 0 fully saturated rings. The van der Waals surface area contributed by atoms with Gasteiger partial charge < -0.3 is 9.52 Å². The molecule has 1 N–H and O–H groups in total. The predicted octanol–water partition coefficient (Wildman–Crippen LogP) is 11.6. The third kappa shape index (κ3) is 7.34. The molecule has 0 saturated heterocycles. The van der Waals surface area contributed by atoms with E-state index in [9.17, 15) is 9.90 Å². The van der Waals surface area contributed by atoms with Gasteiger partial charge in [0.15, 0.2) is 5.78 Å². The first-order valence-electron chi connectivity index (χ1n) is 17.2. The van der Waals surface area contributed by atoms with Crippen molar-refractivity contribution in [3.05, 3.63) is 90.1 Å². The number of carbonyl (C=O) groups excluding carboxylic acids is 1. The van der Waals surface area contributed by atoms with E-state index in [1.165, 1.54) is 17.0 Å². The smallest absolute Gasteiger partial charge is 0.216 e. The van der Waals surface area contributed by atoms with Crippen LogP contribution in [0.3, 0.4) is 0 Å². The summed E-state index contributed by atoms with van der Waals surface area (Å²) in [4.78, 5) is 26.2. The van der Waals surface area contributed by atoms with Crippen molar-refractivity contribution in [2.75, 3.05) is 0 Å². The number of ketones is 1. The van der Waals surface area contributed by atoms with Gasteiger partial charge in [0, 0.05) is 59.2 Å². The summed E-state index contributed by atoms with van der Waals surface area (Å²) in [6, 6.07) is 22.2. The summed E-state index contributed by atoms with van der Waals surface area (Å²) in [5.41, 5.74) is 5.63. The number of fused-ring (bicyclic) bond motifs is 6. The molecular weight excluding hydrogens is 787 g/mol. The molecule has 0 aliphatic heterocycles. The zero-order chi connectivity index (χ0) is 34.8. The number of aromatic nitrogens is 3. The molecule has 0 atom stereocenters. The number of aliphatic hydroxyl groups excluding tert-OH is 1. The predicted molar refractivity (Wildman–Crippen MR) is 198 cm³/mol. The van der Waals surface area contributed by atoms with Crippen molar-refractivity contribution < 1.29 is 34.4 Å². The number of aryl methyl sites for hydroxylation is 1. The molecule has 1 radical (unpaired) electrons. The van der Waals surface area contributed by atoms with Crippen molar-refractivity contribution in [2.24, 2.45) is 10.8 Å². The van der Waals surface area contributed by atoms with Gasteiger partial charge in [0.25, 0.3) is 0 Å². The number of allylic oxidation sites excluding steroid dienone is 2. The zero-order valence-electron chi connectivity index (χ0n) is 30.2. The summed E-state index contributed by atoms with van der Waals surface area (Å²) in [7, 11) is 0. The van der Waals surface area contributed by atoms with E-state index in [4.69, 9.17) is 9.40 Å². The van der Waals surface area contributed by atoms with Gasteiger partial charge in [-0.15, -0.1) is 18.2 Å². The monoisotopic (exact) mass is 835 g/mol. The van der Waals surface area contributed by atoms with Crippen molar-refractivity contribution in [1.82, 2.24) is 15.0 Å². The van der Waals surface area contributed by atoms with Gasteiger partial charge in [-0.05, 0) is 67.5 Å². The minimum atomic E-state index is -0.337. The van der Waals surface area contributed by atoms with Crippen LogP contribution in [0.1, 0.15) is 98.2 Å². The van der Waals surface area contributed by atoms with Crippen LogP contribution in [0.5, 0.6) is 0 Å². The van der Waals surface area contributed by atoms with Gasteiger partial charge in [0.2, 0.25) is 5.71 Å². The van der Waals surface area contributed by atoms with Crippen molar-refractivity contribution in [1.29, 1.82) is 0 Å². The number of aliphatic hydroxyl groups is 1. The molecular formula is C42H48IrN3O3-. The first-order valence-corrected chi connectivity index (χ1v) is 17.2. The second kappa shape index (κ2) is 15.3. The number of pyridine rings is 1. The number of hydrogen-bond acceptors (Lipinski definition) is 6. The number of benzene rings is 3. The molecule has 6 rings (SSSR count). The van der Waals surface area contributed by atoms with Crippen LogP contribution in [-0.2, 0) is 24.9 Å². The van der Waals surface area contributed by atoms with Crippen molar-refractivity contribution in [2.45, 2.75) is 93.9 Å². The van der Waals surface area contributed by atoms with E-state index < -0.39 is 0 Å². The molecule has 0 unspecified atom stereocenters. The fourth-order valence-electron chi connectivity index (χ4n) is 5.98. The Kier molecular flexibility index (Phi) is 11.8. The number of rotatable bonds is 9. The maximum absolute atomic E-state index is 12.2. The minimum Gasteiger partial charge on any atom is -0.512 e. The van der Waals surface area contributed by atoms with Crippen LogP contribution >= 0.6 is 0 Å². The number of nitrogens with zero attached hydrogens (tertiary/aromatic N) is 3. The molecule has 0 aliphatic rings. The van der Waals surface area contributed by atoms with Crippen molar-refractivity contribution in [3.8, 4) is 11.3 Å². The second-order valence-corrected chi connectivity index (χ2v) is 13.8. The van der Waals surface area contributed by atoms with Crippen LogP contribution in [0.15, 0.2) is 77.2 Å². The Bertz CT molecular complexity index is 2140. The van der Waals surface area contributed by atoms with Crippen LogP contribution in [0.25, 0.3) is 55.0 Å². The molecule has 0 spiro atoms. The van der Waals surface area contributed by atoms with Crippen molar-refractivity contribution >= 4 is 49.5 Å².